The molecule has 376 valence electrons. The molecular formula is C63H94O5. The molecular weight excluding hydrogens is 837 g/mol. The molecule has 0 aromatic carbocycles. The second kappa shape index (κ2) is 56.3. The molecule has 0 radical (unpaired) electrons. The van der Waals surface area contributed by atoms with E-state index in [0.717, 1.165) is 154 Å². The quantitative estimate of drug-likeness (QED) is 0.0374. The summed E-state index contributed by atoms with van der Waals surface area (Å²) in [6, 6.07) is 0. The van der Waals surface area contributed by atoms with Crippen LogP contribution in [0.2, 0.25) is 0 Å². The first kappa shape index (κ1) is 63.0. The third-order valence-electron chi connectivity index (χ3n) is 10.2. The maximum atomic E-state index is 12.3. The Balaban J connectivity index is 3.73. The number of hydrogen-bond donors (Lipinski definition) is 1. The van der Waals surface area contributed by atoms with Gasteiger partial charge < -0.3 is 14.6 Å². The average molecular weight is 931 g/mol. The van der Waals surface area contributed by atoms with Crippen LogP contribution >= 0.6 is 0 Å². The van der Waals surface area contributed by atoms with Crippen molar-refractivity contribution in [1.29, 1.82) is 0 Å². The Labute approximate surface area is 416 Å². The second-order valence-corrected chi connectivity index (χ2v) is 16.5. The van der Waals surface area contributed by atoms with Crippen molar-refractivity contribution in [1.82, 2.24) is 0 Å². The number of esters is 2. The van der Waals surface area contributed by atoms with Crippen molar-refractivity contribution in [3.8, 4) is 0 Å². The summed E-state index contributed by atoms with van der Waals surface area (Å²) in [4.78, 5) is 24.4. The first-order valence-electron chi connectivity index (χ1n) is 26.3. The molecule has 0 fully saturated rings. The molecule has 68 heavy (non-hydrogen) atoms. The van der Waals surface area contributed by atoms with E-state index in [-0.39, 0.29) is 25.2 Å². The fourth-order valence-electron chi connectivity index (χ4n) is 6.31. The predicted octanol–water partition coefficient (Wildman–Crippen LogP) is 18.0. The van der Waals surface area contributed by atoms with Gasteiger partial charge in [-0.3, -0.25) is 9.59 Å². The highest BCUT2D eigenvalue weighted by Crippen LogP contribution is 2.10. The average Bonchev–Trinajstić information content (AvgIpc) is 3.34. The molecule has 1 N–H and O–H groups in total. The summed E-state index contributed by atoms with van der Waals surface area (Å²) >= 11 is 0. The van der Waals surface area contributed by atoms with Gasteiger partial charge in [0.1, 0.15) is 6.61 Å². The van der Waals surface area contributed by atoms with Crippen molar-refractivity contribution < 1.29 is 24.2 Å². The molecule has 0 amide bonds. The zero-order valence-corrected chi connectivity index (χ0v) is 42.8. The summed E-state index contributed by atoms with van der Waals surface area (Å²) in [5, 5.41) is 9.62. The zero-order valence-electron chi connectivity index (χ0n) is 42.8. The minimum Gasteiger partial charge on any atom is -0.462 e. The first-order valence-corrected chi connectivity index (χ1v) is 26.3. The standard InChI is InChI=1S/C63H94O5/c1-3-5-7-9-11-13-15-17-19-21-22-23-24-25-26-27-28-29-30-31-32-33-34-35-36-37-38-39-40-42-44-46-48-50-52-54-56-58-63(66)68-61(59-64)60-67-62(65)57-55-53-51-49-47-45-43-41-20-18-16-14-12-10-8-6-4-2/h5-8,11-14,17-20,22-23,25-26,28-29,31-32,34-35,37-38,40,42-43,45-46,48,61,64H,3-4,9-10,15-16,21,24,27,30,33,36,39,41,44,47,49-60H2,1-2H3/b7-5-,8-6-,13-11-,14-12-,19-17-,20-18-,23-22-,26-25-,29-28-,32-31-,35-34-,38-37-,42-40-,45-43-,48-46-. The van der Waals surface area contributed by atoms with Crippen LogP contribution in [0.4, 0.5) is 0 Å². The van der Waals surface area contributed by atoms with Crippen LogP contribution in [0.25, 0.3) is 0 Å². The number of carbonyl (C=O) groups is 2. The van der Waals surface area contributed by atoms with E-state index in [0.29, 0.717) is 12.8 Å². The zero-order chi connectivity index (χ0) is 49.2. The number of aliphatic hydroxyl groups excluding tert-OH is 1. The van der Waals surface area contributed by atoms with Gasteiger partial charge in [0.15, 0.2) is 6.10 Å². The van der Waals surface area contributed by atoms with Crippen molar-refractivity contribution in [2.24, 2.45) is 0 Å². The molecule has 0 heterocycles. The van der Waals surface area contributed by atoms with Crippen LogP contribution in [0, 0.1) is 0 Å². The van der Waals surface area contributed by atoms with Crippen LogP contribution in [-0.2, 0) is 19.1 Å². The van der Waals surface area contributed by atoms with Crippen molar-refractivity contribution in [2.75, 3.05) is 13.2 Å². The number of carbonyl (C=O) groups excluding carboxylic acids is 2. The SMILES string of the molecule is CC/C=C\C/C=C\C/C=C\C/C=C\C/C=C\C/C=C\C/C=C\C/C=C\C/C=C\C/C=C\C/C=C\CCCCCC(=O)OC(CO)COC(=O)CCCCCC/C=C\C/C=C\C/C=C\C/C=C\CC. The normalized spacial score (nSPS) is 13.8. The van der Waals surface area contributed by atoms with Gasteiger partial charge in [-0.2, -0.15) is 0 Å². The van der Waals surface area contributed by atoms with E-state index in [1.807, 2.05) is 0 Å². The van der Waals surface area contributed by atoms with Crippen LogP contribution in [0.15, 0.2) is 182 Å². The van der Waals surface area contributed by atoms with E-state index >= 15 is 0 Å². The highest BCUT2D eigenvalue weighted by Gasteiger charge is 2.16. The Hall–Kier alpha value is -5.00. The minimum atomic E-state index is -0.815. The smallest absolute Gasteiger partial charge is 0.306 e. The summed E-state index contributed by atoms with van der Waals surface area (Å²) in [7, 11) is 0. The van der Waals surface area contributed by atoms with E-state index < -0.39 is 6.10 Å². The maximum Gasteiger partial charge on any atom is 0.306 e. The van der Waals surface area contributed by atoms with Gasteiger partial charge >= 0.3 is 11.9 Å². The van der Waals surface area contributed by atoms with E-state index in [1.165, 1.54) is 0 Å². The molecule has 1 atom stereocenters. The maximum absolute atomic E-state index is 12.3. The van der Waals surface area contributed by atoms with Gasteiger partial charge in [-0.15, -0.1) is 0 Å². The molecule has 5 nitrogen and oxygen atoms in total. The summed E-state index contributed by atoms with van der Waals surface area (Å²) in [5.41, 5.74) is 0. The molecule has 0 aliphatic heterocycles. The molecule has 0 aliphatic carbocycles. The summed E-state index contributed by atoms with van der Waals surface area (Å²) in [6.45, 7) is 3.84. The van der Waals surface area contributed by atoms with Gasteiger partial charge in [-0.05, 0) is 135 Å². The number of ether oxygens (including phenoxy) is 2. The first-order chi connectivity index (χ1) is 33.6. The highest BCUT2D eigenvalue weighted by atomic mass is 16.6. The van der Waals surface area contributed by atoms with Gasteiger partial charge in [0.05, 0.1) is 6.61 Å². The van der Waals surface area contributed by atoms with E-state index in [9.17, 15) is 14.7 Å². The minimum absolute atomic E-state index is 0.106. The topological polar surface area (TPSA) is 72.8 Å². The molecule has 0 aromatic rings. The van der Waals surface area contributed by atoms with E-state index in [4.69, 9.17) is 9.47 Å². The van der Waals surface area contributed by atoms with E-state index in [1.54, 1.807) is 0 Å². The lowest BCUT2D eigenvalue weighted by Gasteiger charge is -2.15. The summed E-state index contributed by atoms with van der Waals surface area (Å²) < 4.78 is 10.6. The Bertz CT molecular complexity index is 1620. The fourth-order valence-corrected chi connectivity index (χ4v) is 6.31. The van der Waals surface area contributed by atoms with Gasteiger partial charge in [0, 0.05) is 12.8 Å². The third-order valence-corrected chi connectivity index (χ3v) is 10.2. The lowest BCUT2D eigenvalue weighted by molar-refractivity contribution is -0.161. The number of unbranched alkanes of at least 4 members (excludes halogenated alkanes) is 7. The predicted molar refractivity (Wildman–Crippen MR) is 296 cm³/mol. The molecule has 0 bridgehead atoms. The lowest BCUT2D eigenvalue weighted by Crippen LogP contribution is -2.28. The third kappa shape index (κ3) is 53.6. The Morgan fingerprint density at radius 3 is 0.882 bits per heavy atom. The van der Waals surface area contributed by atoms with Crippen LogP contribution < -0.4 is 0 Å². The molecule has 0 saturated heterocycles. The number of hydrogen-bond acceptors (Lipinski definition) is 5. The van der Waals surface area contributed by atoms with Crippen LogP contribution in [0.5, 0.6) is 0 Å². The van der Waals surface area contributed by atoms with Crippen LogP contribution in [0.1, 0.15) is 181 Å². The summed E-state index contributed by atoms with van der Waals surface area (Å²) in [5.74, 6) is -0.675. The number of allylic oxidation sites excluding steroid dienone is 30. The monoisotopic (exact) mass is 931 g/mol. The van der Waals surface area contributed by atoms with Crippen molar-refractivity contribution >= 4 is 11.9 Å². The van der Waals surface area contributed by atoms with Gasteiger partial charge in [0.25, 0.3) is 0 Å². The fraction of sp³-hybridized carbons (Fsp3) is 0.492. The number of rotatable bonds is 45. The largest absolute Gasteiger partial charge is 0.462 e. The molecule has 0 rings (SSSR count). The molecule has 0 aromatic heterocycles. The molecule has 1 unspecified atom stereocenters. The van der Waals surface area contributed by atoms with Crippen molar-refractivity contribution in [2.45, 2.75) is 187 Å². The Kier molecular flexibility index (Phi) is 52.2. The highest BCUT2D eigenvalue weighted by molar-refractivity contribution is 5.70. The van der Waals surface area contributed by atoms with Gasteiger partial charge in [-0.25, -0.2) is 0 Å². The Morgan fingerprint density at radius 1 is 0.338 bits per heavy atom. The summed E-state index contributed by atoms with van der Waals surface area (Å²) in [6.07, 6.45) is 89.9. The molecule has 5 heteroatoms. The number of aliphatic hydroxyl groups is 1. The molecule has 0 saturated carbocycles. The van der Waals surface area contributed by atoms with Gasteiger partial charge in [0.2, 0.25) is 0 Å². The van der Waals surface area contributed by atoms with Crippen molar-refractivity contribution in [3.63, 3.8) is 0 Å². The van der Waals surface area contributed by atoms with E-state index in [2.05, 4.69) is 196 Å². The van der Waals surface area contributed by atoms with Gasteiger partial charge in [-0.1, -0.05) is 215 Å². The Morgan fingerprint density at radius 2 is 0.588 bits per heavy atom. The molecule has 0 aliphatic rings. The van der Waals surface area contributed by atoms with Crippen molar-refractivity contribution in [3.05, 3.63) is 182 Å². The van der Waals surface area contributed by atoms with Crippen LogP contribution in [0.3, 0.4) is 0 Å². The van der Waals surface area contributed by atoms with Crippen LogP contribution in [-0.4, -0.2) is 36.4 Å². The molecule has 0 spiro atoms. The lowest BCUT2D eigenvalue weighted by atomic mass is 10.1. The second-order valence-electron chi connectivity index (χ2n) is 16.5.